The van der Waals surface area contributed by atoms with E-state index in [1.807, 2.05) is 0 Å². The molecule has 106 valence electrons. The van der Waals surface area contributed by atoms with Crippen molar-refractivity contribution in [2.45, 2.75) is 25.7 Å². The number of hydrogen-bond acceptors (Lipinski definition) is 5. The first-order chi connectivity index (χ1) is 8.37. The molecule has 0 bridgehead atoms. The van der Waals surface area contributed by atoms with E-state index in [0.29, 0.717) is 12.5 Å². The van der Waals surface area contributed by atoms with Gasteiger partial charge in [0.2, 0.25) is 0 Å². The fraction of sp³-hybridized carbons (Fsp3) is 0.909. The molecule has 0 aromatic heterocycles. The molecule has 1 aliphatic rings. The van der Waals surface area contributed by atoms with Gasteiger partial charge >= 0.3 is 5.97 Å². The van der Waals surface area contributed by atoms with Crippen LogP contribution in [0, 0.1) is 11.8 Å². The van der Waals surface area contributed by atoms with Gasteiger partial charge in [0.05, 0.1) is 19.5 Å². The molecule has 1 saturated carbocycles. The van der Waals surface area contributed by atoms with Crippen molar-refractivity contribution in [3.8, 4) is 0 Å². The molecular weight excluding hydrogens is 260 g/mol. The Balaban J connectivity index is 2.14. The van der Waals surface area contributed by atoms with Crippen molar-refractivity contribution in [1.29, 1.82) is 0 Å². The zero-order valence-corrected chi connectivity index (χ0v) is 11.3. The van der Waals surface area contributed by atoms with E-state index in [2.05, 4.69) is 0 Å². The van der Waals surface area contributed by atoms with Gasteiger partial charge in [-0.1, -0.05) is 0 Å². The van der Waals surface area contributed by atoms with E-state index in [9.17, 15) is 13.2 Å². The van der Waals surface area contributed by atoms with Crippen LogP contribution in [0.3, 0.4) is 0 Å². The Morgan fingerprint density at radius 3 is 2.11 bits per heavy atom. The van der Waals surface area contributed by atoms with Gasteiger partial charge in [-0.3, -0.25) is 4.18 Å². The number of aliphatic carboxylic acids is 1. The highest BCUT2D eigenvalue weighted by molar-refractivity contribution is 7.85. The molecule has 0 spiro atoms. The number of ether oxygens (including phenoxy) is 1. The molecule has 0 heterocycles. The van der Waals surface area contributed by atoms with Gasteiger partial charge in [-0.15, -0.1) is 0 Å². The van der Waals surface area contributed by atoms with Crippen LogP contribution in [-0.4, -0.2) is 45.6 Å². The smallest absolute Gasteiger partial charge is 0.329 e. The second kappa shape index (κ2) is 7.06. The summed E-state index contributed by atoms with van der Waals surface area (Å²) in [5, 5.41) is 8.43. The van der Waals surface area contributed by atoms with Gasteiger partial charge in [-0.25, -0.2) is 4.79 Å². The van der Waals surface area contributed by atoms with Crippen LogP contribution in [0.15, 0.2) is 0 Å². The highest BCUT2D eigenvalue weighted by Gasteiger charge is 2.22. The van der Waals surface area contributed by atoms with Gasteiger partial charge in [0.1, 0.15) is 6.61 Å². The van der Waals surface area contributed by atoms with Crippen LogP contribution in [0.1, 0.15) is 25.7 Å². The number of rotatable bonds is 7. The number of hydrogen-bond donors (Lipinski definition) is 1. The van der Waals surface area contributed by atoms with Crippen molar-refractivity contribution < 1.29 is 27.2 Å². The second-order valence-electron chi connectivity index (χ2n) is 4.78. The third kappa shape index (κ3) is 6.93. The summed E-state index contributed by atoms with van der Waals surface area (Å²) in [4.78, 5) is 10.3. The zero-order chi connectivity index (χ0) is 13.6. The highest BCUT2D eigenvalue weighted by Crippen LogP contribution is 2.29. The maximum atomic E-state index is 10.8. The van der Waals surface area contributed by atoms with E-state index >= 15 is 0 Å². The first-order valence-corrected chi connectivity index (χ1v) is 7.82. The van der Waals surface area contributed by atoms with Crippen LogP contribution in [-0.2, 0) is 23.8 Å². The molecule has 0 atom stereocenters. The van der Waals surface area contributed by atoms with Crippen molar-refractivity contribution >= 4 is 16.1 Å². The van der Waals surface area contributed by atoms with Crippen molar-refractivity contribution in [2.75, 3.05) is 26.1 Å². The van der Waals surface area contributed by atoms with E-state index in [1.165, 1.54) is 0 Å². The molecule has 18 heavy (non-hydrogen) atoms. The van der Waals surface area contributed by atoms with Crippen LogP contribution in [0.2, 0.25) is 0 Å². The zero-order valence-electron chi connectivity index (χ0n) is 10.5. The fourth-order valence-corrected chi connectivity index (χ4v) is 2.54. The van der Waals surface area contributed by atoms with E-state index in [-0.39, 0.29) is 19.1 Å². The first-order valence-electron chi connectivity index (χ1n) is 6.01. The van der Waals surface area contributed by atoms with Gasteiger partial charge in [-0.05, 0) is 37.5 Å². The van der Waals surface area contributed by atoms with E-state index in [1.54, 1.807) is 0 Å². The van der Waals surface area contributed by atoms with Gasteiger partial charge in [-0.2, -0.15) is 8.42 Å². The minimum absolute atomic E-state index is 0.252. The van der Waals surface area contributed by atoms with Crippen LogP contribution in [0.5, 0.6) is 0 Å². The van der Waals surface area contributed by atoms with Gasteiger partial charge in [0.15, 0.2) is 0 Å². The Morgan fingerprint density at radius 2 is 1.67 bits per heavy atom. The molecule has 0 saturated heterocycles. The molecule has 1 N–H and O–H groups in total. The third-order valence-corrected chi connectivity index (χ3v) is 3.63. The summed E-state index contributed by atoms with van der Waals surface area (Å²) in [6, 6.07) is 0. The maximum absolute atomic E-state index is 10.8. The Kier molecular flexibility index (Phi) is 6.04. The van der Waals surface area contributed by atoms with Gasteiger partial charge < -0.3 is 9.84 Å². The molecule has 1 aliphatic carbocycles. The number of carbonyl (C=O) groups is 1. The topological polar surface area (TPSA) is 89.9 Å². The molecule has 0 amide bonds. The Hall–Kier alpha value is -0.660. The summed E-state index contributed by atoms with van der Waals surface area (Å²) in [5.41, 5.74) is 0. The Bertz CT molecular complexity index is 356. The largest absolute Gasteiger partial charge is 0.480 e. The molecule has 6 nitrogen and oxygen atoms in total. The van der Waals surface area contributed by atoms with Gasteiger partial charge in [0, 0.05) is 0 Å². The molecule has 0 radical (unpaired) electrons. The molecule has 0 aromatic carbocycles. The highest BCUT2D eigenvalue weighted by atomic mass is 32.2. The van der Waals surface area contributed by atoms with Crippen molar-refractivity contribution in [1.82, 2.24) is 0 Å². The van der Waals surface area contributed by atoms with Crippen LogP contribution < -0.4 is 0 Å². The fourth-order valence-electron chi connectivity index (χ4n) is 2.10. The monoisotopic (exact) mass is 280 g/mol. The predicted octanol–water partition coefficient (Wildman–Crippen LogP) is 0.870. The standard InChI is InChI=1S/C11H20O6S/c1-18(14,15)17-7-10-4-2-9(3-5-10)6-16-8-11(12)13/h9-10H,2-8H2,1H3,(H,12,13). The normalized spacial score (nSPS) is 24.9. The molecule has 1 fully saturated rings. The van der Waals surface area contributed by atoms with E-state index < -0.39 is 16.1 Å². The summed E-state index contributed by atoms with van der Waals surface area (Å²) >= 11 is 0. The molecule has 0 unspecified atom stereocenters. The molecule has 7 heteroatoms. The molecule has 0 aliphatic heterocycles. The summed E-state index contributed by atoms with van der Waals surface area (Å²) in [6.45, 7) is 0.463. The SMILES string of the molecule is CS(=O)(=O)OCC1CCC(COCC(=O)O)CC1. The lowest BCUT2D eigenvalue weighted by Crippen LogP contribution is -2.23. The predicted molar refractivity (Wildman–Crippen MR) is 64.7 cm³/mol. The van der Waals surface area contributed by atoms with Crippen molar-refractivity contribution in [2.24, 2.45) is 11.8 Å². The molecule has 0 aromatic rings. The van der Waals surface area contributed by atoms with Crippen LogP contribution >= 0.6 is 0 Å². The van der Waals surface area contributed by atoms with Crippen LogP contribution in [0.25, 0.3) is 0 Å². The van der Waals surface area contributed by atoms with Crippen molar-refractivity contribution in [3.63, 3.8) is 0 Å². The minimum atomic E-state index is -3.35. The summed E-state index contributed by atoms with van der Waals surface area (Å²) in [7, 11) is -3.35. The van der Waals surface area contributed by atoms with Crippen molar-refractivity contribution in [3.05, 3.63) is 0 Å². The Morgan fingerprint density at radius 1 is 1.17 bits per heavy atom. The third-order valence-electron chi connectivity index (χ3n) is 3.06. The quantitative estimate of drug-likeness (QED) is 0.696. The Labute approximate surface area is 107 Å². The first kappa shape index (κ1) is 15.4. The maximum Gasteiger partial charge on any atom is 0.329 e. The lowest BCUT2D eigenvalue weighted by molar-refractivity contribution is -0.142. The number of carboxylic acids is 1. The molecular formula is C11H20O6S. The second-order valence-corrected chi connectivity index (χ2v) is 6.43. The van der Waals surface area contributed by atoms with Crippen LogP contribution in [0.4, 0.5) is 0 Å². The lowest BCUT2D eigenvalue weighted by atomic mass is 9.83. The van der Waals surface area contributed by atoms with E-state index in [0.717, 1.165) is 31.9 Å². The summed E-state index contributed by atoms with van der Waals surface area (Å²) in [6.07, 6.45) is 4.71. The van der Waals surface area contributed by atoms with E-state index in [4.69, 9.17) is 14.0 Å². The number of carboxylic acid groups (broad SMARTS) is 1. The van der Waals surface area contributed by atoms with Gasteiger partial charge in [0.25, 0.3) is 10.1 Å². The molecule has 1 rings (SSSR count). The summed E-state index contributed by atoms with van der Waals surface area (Å²) in [5.74, 6) is -0.306. The summed E-state index contributed by atoms with van der Waals surface area (Å²) < 4.78 is 31.5. The lowest BCUT2D eigenvalue weighted by Gasteiger charge is -2.27. The average molecular weight is 280 g/mol. The average Bonchev–Trinajstić information content (AvgIpc) is 2.26. The minimum Gasteiger partial charge on any atom is -0.480 e.